The van der Waals surface area contributed by atoms with Crippen LogP contribution in [0.1, 0.15) is 29.7 Å². The fraction of sp³-hybridized carbons (Fsp3) is 0.423. The lowest BCUT2D eigenvalue weighted by molar-refractivity contribution is -0.138. The Morgan fingerprint density at radius 1 is 1.09 bits per heavy atom. The first-order chi connectivity index (χ1) is 17.0. The number of aliphatic hydroxyl groups excluding tert-OH is 1. The molecule has 7 nitrogen and oxygen atoms in total. The second-order valence-electron chi connectivity index (χ2n) is 9.55. The minimum absolute atomic E-state index is 0.101. The lowest BCUT2D eigenvalue weighted by Gasteiger charge is -2.48. The normalized spacial score (nSPS) is 19.0. The highest BCUT2D eigenvalue weighted by molar-refractivity contribution is 7.19. The van der Waals surface area contributed by atoms with Crippen molar-refractivity contribution in [2.45, 2.75) is 38.3 Å². The molecule has 6 rings (SSSR count). The van der Waals surface area contributed by atoms with Crippen LogP contribution in [0.5, 0.6) is 0 Å². The van der Waals surface area contributed by atoms with Gasteiger partial charge in [0.1, 0.15) is 0 Å². The first kappa shape index (κ1) is 22.9. The summed E-state index contributed by atoms with van der Waals surface area (Å²) in [6.07, 6.45) is 4.52. The maximum atomic E-state index is 12.1. The molecule has 3 aliphatic heterocycles. The summed E-state index contributed by atoms with van der Waals surface area (Å²) in [6.45, 7) is 4.12. The predicted molar refractivity (Wildman–Crippen MR) is 138 cm³/mol. The SMILES string of the molecule is O=C1CCC(=O)N1Cc1cc2nccc(-c3cc(Cl)cc4c3N(C3CN(CCO)C3)CCC4)c2s1. The van der Waals surface area contributed by atoms with Crippen LogP contribution in [0, 0.1) is 0 Å². The van der Waals surface area contributed by atoms with Gasteiger partial charge in [-0.25, -0.2) is 0 Å². The number of carbonyl (C=O) groups excluding carboxylic acids is 2. The first-order valence-electron chi connectivity index (χ1n) is 12.1. The van der Waals surface area contributed by atoms with Crippen molar-refractivity contribution in [1.82, 2.24) is 14.8 Å². The average Bonchev–Trinajstić information content (AvgIpc) is 3.38. The second-order valence-corrected chi connectivity index (χ2v) is 11.1. The number of imide groups is 1. The third-order valence-corrected chi connectivity index (χ3v) is 8.66. The molecule has 2 saturated heterocycles. The molecule has 0 aliphatic carbocycles. The molecular weight excluding hydrogens is 484 g/mol. The van der Waals surface area contributed by atoms with Gasteiger partial charge in [-0.05, 0) is 42.7 Å². The number of hydrogen-bond acceptors (Lipinski definition) is 7. The van der Waals surface area contributed by atoms with Crippen molar-refractivity contribution < 1.29 is 14.7 Å². The number of aryl methyl sites for hydroxylation is 1. The van der Waals surface area contributed by atoms with Crippen LogP contribution in [0.3, 0.4) is 0 Å². The van der Waals surface area contributed by atoms with E-state index in [9.17, 15) is 14.7 Å². The summed E-state index contributed by atoms with van der Waals surface area (Å²) in [5, 5.41) is 10.0. The number of β-amino-alcohol motifs (C(OH)–C–C–N with tert-alkyl or cyclic N) is 1. The standard InChI is InChI=1S/C26H27ClN4O3S/c27-17-10-16-2-1-7-30(18-13-29(14-18)8-9-32)25(16)21(11-17)20-5-6-28-22-12-19(35-26(20)22)15-31-23(33)3-4-24(31)34/h5-6,10-12,18,32H,1-4,7-9,13-15H2. The van der Waals surface area contributed by atoms with E-state index < -0.39 is 0 Å². The zero-order valence-electron chi connectivity index (χ0n) is 19.4. The number of amides is 2. The average molecular weight is 511 g/mol. The van der Waals surface area contributed by atoms with Crippen molar-refractivity contribution in [2.24, 2.45) is 0 Å². The number of halogens is 1. The number of hydrogen-bond donors (Lipinski definition) is 1. The quantitative estimate of drug-likeness (QED) is 0.510. The van der Waals surface area contributed by atoms with Gasteiger partial charge in [0.25, 0.3) is 0 Å². The van der Waals surface area contributed by atoms with Crippen molar-refractivity contribution in [1.29, 1.82) is 0 Å². The molecule has 3 aliphatic rings. The molecule has 0 unspecified atom stereocenters. The number of likely N-dealkylation sites (tertiary alicyclic amines) is 2. The predicted octanol–water partition coefficient (Wildman–Crippen LogP) is 3.69. The molecule has 9 heteroatoms. The van der Waals surface area contributed by atoms with Crippen LogP contribution in [0.15, 0.2) is 30.5 Å². The number of carbonyl (C=O) groups is 2. The molecule has 5 heterocycles. The summed E-state index contributed by atoms with van der Waals surface area (Å²) >= 11 is 8.22. The lowest BCUT2D eigenvalue weighted by Crippen LogP contribution is -2.61. The molecule has 35 heavy (non-hydrogen) atoms. The van der Waals surface area contributed by atoms with Gasteiger partial charge in [0, 0.05) is 71.9 Å². The number of rotatable bonds is 6. The highest BCUT2D eigenvalue weighted by Crippen LogP contribution is 2.45. The lowest BCUT2D eigenvalue weighted by atomic mass is 9.91. The summed E-state index contributed by atoms with van der Waals surface area (Å²) in [4.78, 5) is 36.0. The zero-order chi connectivity index (χ0) is 24.1. The number of anilines is 1. The van der Waals surface area contributed by atoms with Crippen molar-refractivity contribution in [2.75, 3.05) is 37.7 Å². The fourth-order valence-corrected chi connectivity index (χ4v) is 6.98. The molecule has 0 atom stereocenters. The van der Waals surface area contributed by atoms with Gasteiger partial charge >= 0.3 is 0 Å². The van der Waals surface area contributed by atoms with Gasteiger partial charge in [-0.1, -0.05) is 11.6 Å². The van der Waals surface area contributed by atoms with E-state index >= 15 is 0 Å². The van der Waals surface area contributed by atoms with E-state index in [1.807, 2.05) is 18.3 Å². The Labute approximate surface area is 212 Å². The van der Waals surface area contributed by atoms with Gasteiger partial charge in [0.15, 0.2) is 0 Å². The monoisotopic (exact) mass is 510 g/mol. The molecule has 2 aromatic heterocycles. The van der Waals surface area contributed by atoms with E-state index in [1.165, 1.54) is 16.2 Å². The Morgan fingerprint density at radius 3 is 2.66 bits per heavy atom. The van der Waals surface area contributed by atoms with Crippen LogP contribution in [-0.2, 0) is 22.6 Å². The van der Waals surface area contributed by atoms with E-state index in [-0.39, 0.29) is 18.4 Å². The summed E-state index contributed by atoms with van der Waals surface area (Å²) in [7, 11) is 0. The van der Waals surface area contributed by atoms with Gasteiger partial charge in [0.05, 0.1) is 29.4 Å². The third kappa shape index (κ3) is 4.12. The molecule has 2 amide bonds. The first-order valence-corrected chi connectivity index (χ1v) is 13.3. The number of pyridine rings is 1. The van der Waals surface area contributed by atoms with Crippen molar-refractivity contribution in [3.8, 4) is 11.1 Å². The molecule has 182 valence electrons. The summed E-state index contributed by atoms with van der Waals surface area (Å²) < 4.78 is 1.05. The van der Waals surface area contributed by atoms with Gasteiger partial charge in [-0.15, -0.1) is 11.3 Å². The Bertz CT molecular complexity index is 1300. The summed E-state index contributed by atoms with van der Waals surface area (Å²) in [5.41, 5.74) is 5.59. The Morgan fingerprint density at radius 2 is 1.89 bits per heavy atom. The molecule has 1 N–H and O–H groups in total. The summed E-state index contributed by atoms with van der Waals surface area (Å²) in [6, 6.07) is 8.62. The molecule has 0 spiro atoms. The molecule has 1 aromatic carbocycles. The van der Waals surface area contributed by atoms with Gasteiger partial charge in [0.2, 0.25) is 11.8 Å². The van der Waals surface area contributed by atoms with Crippen LogP contribution < -0.4 is 4.90 Å². The van der Waals surface area contributed by atoms with Crippen LogP contribution in [0.4, 0.5) is 5.69 Å². The largest absolute Gasteiger partial charge is 0.395 e. The molecule has 0 bridgehead atoms. The molecule has 3 aromatic rings. The third-order valence-electron chi connectivity index (χ3n) is 7.30. The van der Waals surface area contributed by atoms with Gasteiger partial charge in [-0.2, -0.15) is 0 Å². The zero-order valence-corrected chi connectivity index (χ0v) is 20.9. The highest BCUT2D eigenvalue weighted by Gasteiger charge is 2.35. The number of aliphatic hydroxyl groups is 1. The van der Waals surface area contributed by atoms with Crippen LogP contribution in [0.25, 0.3) is 21.3 Å². The van der Waals surface area contributed by atoms with E-state index in [2.05, 4.69) is 26.9 Å². The number of fused-ring (bicyclic) bond motifs is 2. The van der Waals surface area contributed by atoms with Crippen LogP contribution >= 0.6 is 22.9 Å². The Kier molecular flexibility index (Phi) is 6.00. The minimum atomic E-state index is -0.101. The van der Waals surface area contributed by atoms with E-state index in [1.54, 1.807) is 11.3 Å². The highest BCUT2D eigenvalue weighted by atomic mass is 35.5. The second kappa shape index (κ2) is 9.17. The van der Waals surface area contributed by atoms with Crippen LogP contribution in [0.2, 0.25) is 5.02 Å². The smallest absolute Gasteiger partial charge is 0.230 e. The van der Waals surface area contributed by atoms with Crippen LogP contribution in [-0.4, -0.2) is 70.5 Å². The number of aromatic nitrogens is 1. The van der Waals surface area contributed by atoms with Gasteiger partial charge < -0.3 is 10.0 Å². The maximum absolute atomic E-state index is 12.1. The molecule has 0 saturated carbocycles. The van der Waals surface area contributed by atoms with E-state index in [4.69, 9.17) is 11.6 Å². The topological polar surface area (TPSA) is 77.0 Å². The van der Waals surface area contributed by atoms with Crippen molar-refractivity contribution >= 4 is 50.7 Å². The summed E-state index contributed by atoms with van der Waals surface area (Å²) in [5.74, 6) is -0.202. The van der Waals surface area contributed by atoms with Crippen molar-refractivity contribution in [3.63, 3.8) is 0 Å². The van der Waals surface area contributed by atoms with E-state index in [0.29, 0.717) is 25.4 Å². The number of benzene rings is 1. The minimum Gasteiger partial charge on any atom is -0.395 e. The number of thiophene rings is 1. The fourth-order valence-electron chi connectivity index (χ4n) is 5.60. The Hall–Kier alpha value is -2.52. The molecular formula is C26H27ClN4O3S. The molecule has 0 radical (unpaired) electrons. The number of nitrogens with zero attached hydrogens (tertiary/aromatic N) is 4. The van der Waals surface area contributed by atoms with E-state index in [0.717, 1.165) is 70.3 Å². The van der Waals surface area contributed by atoms with Crippen molar-refractivity contribution in [3.05, 3.63) is 45.9 Å². The molecule has 2 fully saturated rings. The van der Waals surface area contributed by atoms with Gasteiger partial charge in [-0.3, -0.25) is 24.4 Å². The Balaban J connectivity index is 1.40. The maximum Gasteiger partial charge on any atom is 0.230 e.